The summed E-state index contributed by atoms with van der Waals surface area (Å²) in [6.07, 6.45) is 4.83. The Balaban J connectivity index is 2.37. The smallest absolute Gasteiger partial charge is 0.248 e. The van der Waals surface area contributed by atoms with Gasteiger partial charge in [-0.05, 0) is 19.8 Å². The quantitative estimate of drug-likeness (QED) is 0.603. The van der Waals surface area contributed by atoms with Crippen molar-refractivity contribution >= 4 is 5.91 Å². The van der Waals surface area contributed by atoms with Gasteiger partial charge in [0.15, 0.2) is 0 Å². The van der Waals surface area contributed by atoms with Crippen LogP contribution in [0.2, 0.25) is 0 Å². The lowest BCUT2D eigenvalue weighted by molar-refractivity contribution is -0.129. The summed E-state index contributed by atoms with van der Waals surface area (Å²) in [5.41, 5.74) is -0.763. The summed E-state index contributed by atoms with van der Waals surface area (Å²) < 4.78 is 0. The third-order valence-electron chi connectivity index (χ3n) is 3.01. The third kappa shape index (κ3) is 4.18. The summed E-state index contributed by atoms with van der Waals surface area (Å²) in [4.78, 5) is 11.1. The molecule has 1 atom stereocenters. The van der Waals surface area contributed by atoms with E-state index in [1.807, 2.05) is 0 Å². The highest BCUT2D eigenvalue weighted by atomic mass is 16.3. The van der Waals surface area contributed by atoms with E-state index in [2.05, 4.69) is 5.32 Å². The van der Waals surface area contributed by atoms with Gasteiger partial charge in [0.25, 0.3) is 0 Å². The van der Waals surface area contributed by atoms with E-state index in [4.69, 9.17) is 5.11 Å². The molecule has 4 heteroatoms. The number of rotatable bonds is 3. The highest BCUT2D eigenvalue weighted by molar-refractivity contribution is 5.80. The Labute approximate surface area is 90.7 Å². The van der Waals surface area contributed by atoms with Gasteiger partial charge in [0.2, 0.25) is 5.91 Å². The molecule has 15 heavy (non-hydrogen) atoms. The van der Waals surface area contributed by atoms with Crippen molar-refractivity contribution in [3.05, 3.63) is 0 Å². The topological polar surface area (TPSA) is 69.6 Å². The van der Waals surface area contributed by atoms with Crippen LogP contribution in [-0.2, 0) is 4.79 Å². The van der Waals surface area contributed by atoms with Gasteiger partial charge >= 0.3 is 0 Å². The van der Waals surface area contributed by atoms with Crippen molar-refractivity contribution in [2.24, 2.45) is 0 Å². The molecule has 1 amide bonds. The summed E-state index contributed by atoms with van der Waals surface area (Å²) in [7, 11) is 0. The molecule has 0 saturated heterocycles. The molecule has 1 saturated carbocycles. The summed E-state index contributed by atoms with van der Waals surface area (Å²) >= 11 is 0. The largest absolute Gasteiger partial charge is 0.388 e. The Hall–Kier alpha value is -0.610. The minimum absolute atomic E-state index is 0.261. The number of carbonyl (C=O) groups is 1. The number of aliphatic hydroxyl groups excluding tert-OH is 1. The maximum Gasteiger partial charge on any atom is 0.248 e. The lowest BCUT2D eigenvalue weighted by atomic mass is 9.94. The zero-order chi connectivity index (χ0) is 11.3. The van der Waals surface area contributed by atoms with Crippen LogP contribution in [0.5, 0.6) is 0 Å². The molecule has 0 aromatic rings. The van der Waals surface area contributed by atoms with Gasteiger partial charge in [0.05, 0.1) is 5.60 Å². The number of hydrogen-bond donors (Lipinski definition) is 3. The van der Waals surface area contributed by atoms with Gasteiger partial charge in [0, 0.05) is 6.54 Å². The first-order valence-electron chi connectivity index (χ1n) is 5.72. The van der Waals surface area contributed by atoms with E-state index in [1.54, 1.807) is 0 Å². The lowest BCUT2D eigenvalue weighted by Gasteiger charge is -2.27. The second-order valence-corrected chi connectivity index (χ2v) is 4.53. The minimum atomic E-state index is -1.00. The molecule has 0 aromatic heterocycles. The van der Waals surface area contributed by atoms with Crippen LogP contribution in [-0.4, -0.2) is 34.4 Å². The van der Waals surface area contributed by atoms with Gasteiger partial charge in [0.1, 0.15) is 6.10 Å². The molecule has 0 aliphatic heterocycles. The molecule has 4 nitrogen and oxygen atoms in total. The summed E-state index contributed by atoms with van der Waals surface area (Å²) in [5.74, 6) is -0.410. The fraction of sp³-hybridized carbons (Fsp3) is 0.909. The van der Waals surface area contributed by atoms with Crippen LogP contribution in [0.3, 0.4) is 0 Å². The second kappa shape index (κ2) is 5.47. The summed E-state index contributed by atoms with van der Waals surface area (Å²) in [6, 6.07) is 0. The van der Waals surface area contributed by atoms with Crippen molar-refractivity contribution in [3.63, 3.8) is 0 Å². The average molecular weight is 215 g/mol. The highest BCUT2D eigenvalue weighted by Gasteiger charge is 2.28. The standard InChI is InChI=1S/C11H21NO3/c1-9(13)10(14)12-8-11(15)6-4-2-3-5-7-11/h9,13,15H,2-8H2,1H3,(H,12,14). The fourth-order valence-electron chi connectivity index (χ4n) is 1.96. The summed E-state index contributed by atoms with van der Waals surface area (Å²) in [5, 5.41) is 21.8. The Morgan fingerprint density at radius 1 is 1.33 bits per heavy atom. The molecule has 0 heterocycles. The van der Waals surface area contributed by atoms with Crippen molar-refractivity contribution in [3.8, 4) is 0 Å². The number of nitrogens with one attached hydrogen (secondary N) is 1. The van der Waals surface area contributed by atoms with Gasteiger partial charge in [-0.2, -0.15) is 0 Å². The van der Waals surface area contributed by atoms with E-state index < -0.39 is 17.6 Å². The Morgan fingerprint density at radius 3 is 2.33 bits per heavy atom. The zero-order valence-electron chi connectivity index (χ0n) is 9.33. The van der Waals surface area contributed by atoms with Crippen molar-refractivity contribution in [2.45, 2.75) is 57.2 Å². The van der Waals surface area contributed by atoms with Crippen LogP contribution in [0.15, 0.2) is 0 Å². The zero-order valence-corrected chi connectivity index (χ0v) is 9.33. The normalized spacial score (nSPS) is 22.9. The predicted octanol–water partition coefficient (Wildman–Crippen LogP) is 0.569. The maximum absolute atomic E-state index is 11.1. The highest BCUT2D eigenvalue weighted by Crippen LogP contribution is 2.26. The molecule has 0 aromatic carbocycles. The molecule has 1 fully saturated rings. The molecule has 1 unspecified atom stereocenters. The molecule has 3 N–H and O–H groups in total. The fourth-order valence-corrected chi connectivity index (χ4v) is 1.96. The van der Waals surface area contributed by atoms with Crippen LogP contribution in [0, 0.1) is 0 Å². The second-order valence-electron chi connectivity index (χ2n) is 4.53. The van der Waals surface area contributed by atoms with Crippen LogP contribution in [0.1, 0.15) is 45.4 Å². The van der Waals surface area contributed by atoms with Gasteiger partial charge in [-0.3, -0.25) is 4.79 Å². The van der Waals surface area contributed by atoms with Crippen LogP contribution >= 0.6 is 0 Å². The SMILES string of the molecule is CC(O)C(=O)NCC1(O)CCCCCC1. The molecule has 0 bridgehead atoms. The third-order valence-corrected chi connectivity index (χ3v) is 3.01. The first-order chi connectivity index (χ1) is 7.03. The van der Waals surface area contributed by atoms with E-state index in [-0.39, 0.29) is 6.54 Å². The molecule has 1 aliphatic carbocycles. The van der Waals surface area contributed by atoms with E-state index in [0.717, 1.165) is 38.5 Å². The van der Waals surface area contributed by atoms with Gasteiger partial charge in [-0.15, -0.1) is 0 Å². The Kier molecular flexibility index (Phi) is 4.54. The molecular weight excluding hydrogens is 194 g/mol. The first-order valence-corrected chi connectivity index (χ1v) is 5.72. The monoisotopic (exact) mass is 215 g/mol. The minimum Gasteiger partial charge on any atom is -0.388 e. The van der Waals surface area contributed by atoms with Crippen molar-refractivity contribution in [2.75, 3.05) is 6.54 Å². The molecule has 0 radical (unpaired) electrons. The molecule has 88 valence electrons. The molecular formula is C11H21NO3. The van der Waals surface area contributed by atoms with Crippen molar-refractivity contribution < 1.29 is 15.0 Å². The number of hydrogen-bond acceptors (Lipinski definition) is 3. The predicted molar refractivity (Wildman–Crippen MR) is 57.3 cm³/mol. The number of aliphatic hydroxyl groups is 2. The number of amides is 1. The molecule has 1 aliphatic rings. The lowest BCUT2D eigenvalue weighted by Crippen LogP contribution is -2.45. The summed E-state index contributed by atoms with van der Waals surface area (Å²) in [6.45, 7) is 1.68. The average Bonchev–Trinajstić information content (AvgIpc) is 2.40. The van der Waals surface area contributed by atoms with Crippen LogP contribution in [0.25, 0.3) is 0 Å². The Bertz CT molecular complexity index is 208. The van der Waals surface area contributed by atoms with Gasteiger partial charge in [-0.1, -0.05) is 25.7 Å². The van der Waals surface area contributed by atoms with Crippen molar-refractivity contribution in [1.29, 1.82) is 0 Å². The maximum atomic E-state index is 11.1. The van der Waals surface area contributed by atoms with Crippen LogP contribution < -0.4 is 5.32 Å². The van der Waals surface area contributed by atoms with Gasteiger partial charge < -0.3 is 15.5 Å². The van der Waals surface area contributed by atoms with Gasteiger partial charge in [-0.25, -0.2) is 0 Å². The van der Waals surface area contributed by atoms with E-state index in [1.165, 1.54) is 6.92 Å². The molecule has 0 spiro atoms. The first kappa shape index (κ1) is 12.5. The molecule has 1 rings (SSSR count). The van der Waals surface area contributed by atoms with Crippen LogP contribution in [0.4, 0.5) is 0 Å². The van der Waals surface area contributed by atoms with E-state index >= 15 is 0 Å². The van der Waals surface area contributed by atoms with E-state index in [9.17, 15) is 9.90 Å². The van der Waals surface area contributed by atoms with Crippen molar-refractivity contribution in [1.82, 2.24) is 5.32 Å². The Morgan fingerprint density at radius 2 is 1.87 bits per heavy atom. The number of carbonyl (C=O) groups excluding carboxylic acids is 1. The van der Waals surface area contributed by atoms with E-state index in [0.29, 0.717) is 0 Å².